The van der Waals surface area contributed by atoms with Crippen LogP contribution in [0.2, 0.25) is 0 Å². The largest absolute Gasteiger partial charge is 0.385 e. The zero-order valence-electron chi connectivity index (χ0n) is 9.44. The molecule has 18 heavy (non-hydrogen) atoms. The summed E-state index contributed by atoms with van der Waals surface area (Å²) in [5, 5.41) is 11.2. The third kappa shape index (κ3) is 3.08. The van der Waals surface area contributed by atoms with Crippen molar-refractivity contribution in [3.63, 3.8) is 0 Å². The number of carbonyl (C=O) groups excluding carboxylic acids is 1. The Hall–Kier alpha value is -0.950. The average Bonchev–Trinajstić information content (AvgIpc) is 3.08. The molecular weight excluding hydrogens is 310 g/mol. The molecule has 1 aromatic heterocycles. The molecule has 0 bridgehead atoms. The Morgan fingerprint density at radius 2 is 2.28 bits per heavy atom. The molecule has 100 valence electrons. The Bertz CT molecular complexity index is 446. The van der Waals surface area contributed by atoms with Gasteiger partial charge in [-0.3, -0.25) is 4.79 Å². The second-order valence-corrected chi connectivity index (χ2v) is 5.21. The SMILES string of the molecule is O=C(NCC(O)C(F)F)c1cc(Br)cn1C1CC1. The van der Waals surface area contributed by atoms with Crippen molar-refractivity contribution < 1.29 is 18.7 Å². The van der Waals surface area contributed by atoms with E-state index in [1.807, 2.05) is 4.57 Å². The van der Waals surface area contributed by atoms with Crippen LogP contribution in [0.5, 0.6) is 0 Å². The molecule has 1 fully saturated rings. The van der Waals surface area contributed by atoms with E-state index in [1.165, 1.54) is 0 Å². The lowest BCUT2D eigenvalue weighted by atomic mass is 10.3. The molecule has 0 aromatic carbocycles. The number of halogens is 3. The minimum atomic E-state index is -2.85. The van der Waals surface area contributed by atoms with Crippen molar-refractivity contribution in [1.82, 2.24) is 9.88 Å². The molecule has 4 nitrogen and oxygen atoms in total. The van der Waals surface area contributed by atoms with E-state index >= 15 is 0 Å². The standard InChI is InChI=1S/C11H13BrF2N2O2/c12-6-3-8(16(5-6)7-1-2-7)11(18)15-4-9(17)10(13)14/h3,5,7,9-10,17H,1-2,4H2,(H,15,18). The molecule has 1 amide bonds. The molecule has 1 heterocycles. The lowest BCUT2D eigenvalue weighted by molar-refractivity contribution is -0.00274. The molecule has 1 aliphatic rings. The highest BCUT2D eigenvalue weighted by Crippen LogP contribution is 2.37. The predicted octanol–water partition coefficient (Wildman–Crippen LogP) is 1.94. The van der Waals surface area contributed by atoms with Crippen molar-refractivity contribution in [2.45, 2.75) is 31.4 Å². The quantitative estimate of drug-likeness (QED) is 0.870. The van der Waals surface area contributed by atoms with Gasteiger partial charge in [0.2, 0.25) is 0 Å². The predicted molar refractivity (Wildman–Crippen MR) is 64.7 cm³/mol. The van der Waals surface area contributed by atoms with E-state index in [0.717, 1.165) is 17.3 Å². The van der Waals surface area contributed by atoms with Gasteiger partial charge >= 0.3 is 0 Å². The van der Waals surface area contributed by atoms with Gasteiger partial charge in [-0.2, -0.15) is 0 Å². The van der Waals surface area contributed by atoms with Gasteiger partial charge in [-0.1, -0.05) is 0 Å². The highest BCUT2D eigenvalue weighted by atomic mass is 79.9. The maximum atomic E-state index is 12.1. The van der Waals surface area contributed by atoms with Gasteiger partial charge in [-0.15, -0.1) is 0 Å². The zero-order valence-corrected chi connectivity index (χ0v) is 11.0. The van der Waals surface area contributed by atoms with Crippen LogP contribution >= 0.6 is 15.9 Å². The topological polar surface area (TPSA) is 54.3 Å². The summed E-state index contributed by atoms with van der Waals surface area (Å²) in [6.07, 6.45) is -0.855. The van der Waals surface area contributed by atoms with E-state index in [0.29, 0.717) is 11.7 Å². The first-order valence-electron chi connectivity index (χ1n) is 5.61. The number of alkyl halides is 2. The molecule has 1 unspecified atom stereocenters. The molecule has 1 aliphatic carbocycles. The first-order chi connectivity index (χ1) is 8.49. The average molecular weight is 323 g/mol. The van der Waals surface area contributed by atoms with E-state index in [2.05, 4.69) is 21.2 Å². The number of nitrogens with one attached hydrogen (secondary N) is 1. The Labute approximate surface area is 111 Å². The van der Waals surface area contributed by atoms with Gasteiger partial charge in [0.25, 0.3) is 12.3 Å². The number of aliphatic hydroxyl groups excluding tert-OH is 1. The van der Waals surface area contributed by atoms with E-state index in [4.69, 9.17) is 5.11 Å². The van der Waals surface area contributed by atoms with Crippen LogP contribution in [0.4, 0.5) is 8.78 Å². The van der Waals surface area contributed by atoms with Crippen LogP contribution in [-0.2, 0) is 0 Å². The Balaban J connectivity index is 2.00. The number of aromatic nitrogens is 1. The summed E-state index contributed by atoms with van der Waals surface area (Å²) >= 11 is 3.28. The fraction of sp³-hybridized carbons (Fsp3) is 0.545. The van der Waals surface area contributed by atoms with Crippen molar-refractivity contribution >= 4 is 21.8 Å². The van der Waals surface area contributed by atoms with Crippen LogP contribution in [0.3, 0.4) is 0 Å². The van der Waals surface area contributed by atoms with E-state index in [9.17, 15) is 13.6 Å². The van der Waals surface area contributed by atoms with Crippen molar-refractivity contribution in [2.75, 3.05) is 6.54 Å². The molecular formula is C11H13BrF2N2O2. The van der Waals surface area contributed by atoms with Crippen LogP contribution in [-0.4, -0.2) is 34.7 Å². The molecule has 2 N–H and O–H groups in total. The number of nitrogens with zero attached hydrogens (tertiary/aromatic N) is 1. The van der Waals surface area contributed by atoms with E-state index < -0.39 is 25.0 Å². The van der Waals surface area contributed by atoms with Crippen molar-refractivity contribution in [1.29, 1.82) is 0 Å². The molecule has 1 aromatic rings. The number of amides is 1. The third-order valence-electron chi connectivity index (χ3n) is 2.75. The Morgan fingerprint density at radius 3 is 2.83 bits per heavy atom. The van der Waals surface area contributed by atoms with Crippen molar-refractivity contribution in [2.24, 2.45) is 0 Å². The number of hydrogen-bond donors (Lipinski definition) is 2. The van der Waals surface area contributed by atoms with E-state index in [-0.39, 0.29) is 0 Å². The van der Waals surface area contributed by atoms with Gasteiger partial charge in [0, 0.05) is 23.3 Å². The zero-order chi connectivity index (χ0) is 13.3. The first-order valence-corrected chi connectivity index (χ1v) is 6.40. The van der Waals surface area contributed by atoms with Gasteiger partial charge < -0.3 is 15.0 Å². The lowest BCUT2D eigenvalue weighted by Gasteiger charge is -2.12. The molecule has 0 radical (unpaired) electrons. The van der Waals surface area contributed by atoms with Crippen LogP contribution in [0.1, 0.15) is 29.4 Å². The molecule has 0 saturated heterocycles. The summed E-state index contributed by atoms with van der Waals surface area (Å²) < 4.78 is 26.8. The number of rotatable bonds is 5. The van der Waals surface area contributed by atoms with E-state index in [1.54, 1.807) is 12.3 Å². The van der Waals surface area contributed by atoms with Crippen LogP contribution in [0.15, 0.2) is 16.7 Å². The van der Waals surface area contributed by atoms with Crippen LogP contribution < -0.4 is 5.32 Å². The maximum Gasteiger partial charge on any atom is 0.268 e. The third-order valence-corrected chi connectivity index (χ3v) is 3.18. The Kier molecular flexibility index (Phi) is 4.01. The molecule has 1 saturated carbocycles. The second-order valence-electron chi connectivity index (χ2n) is 4.29. The van der Waals surface area contributed by atoms with Gasteiger partial charge in [0.15, 0.2) is 0 Å². The normalized spacial score (nSPS) is 16.9. The smallest absolute Gasteiger partial charge is 0.268 e. The fourth-order valence-electron chi connectivity index (χ4n) is 1.66. The monoisotopic (exact) mass is 322 g/mol. The number of aliphatic hydroxyl groups is 1. The summed E-state index contributed by atoms with van der Waals surface area (Å²) in [4.78, 5) is 11.8. The number of carbonyl (C=O) groups is 1. The highest BCUT2D eigenvalue weighted by molar-refractivity contribution is 9.10. The maximum absolute atomic E-state index is 12.1. The highest BCUT2D eigenvalue weighted by Gasteiger charge is 2.28. The molecule has 2 rings (SSSR count). The number of hydrogen-bond acceptors (Lipinski definition) is 2. The molecule has 7 heteroatoms. The minimum absolute atomic E-state index is 0.317. The van der Waals surface area contributed by atoms with Crippen LogP contribution in [0.25, 0.3) is 0 Å². The minimum Gasteiger partial charge on any atom is -0.385 e. The lowest BCUT2D eigenvalue weighted by Crippen LogP contribution is -2.36. The summed E-state index contributed by atoms with van der Waals surface area (Å²) in [5.41, 5.74) is 0.422. The molecule has 0 spiro atoms. The summed E-state index contributed by atoms with van der Waals surface area (Å²) in [5.74, 6) is -0.452. The summed E-state index contributed by atoms with van der Waals surface area (Å²) in [7, 11) is 0. The summed E-state index contributed by atoms with van der Waals surface area (Å²) in [6.45, 7) is -0.454. The van der Waals surface area contributed by atoms with Gasteiger partial charge in [0.1, 0.15) is 11.8 Å². The van der Waals surface area contributed by atoms with Gasteiger partial charge in [-0.25, -0.2) is 8.78 Å². The summed E-state index contributed by atoms with van der Waals surface area (Å²) in [6, 6.07) is 1.96. The van der Waals surface area contributed by atoms with Crippen LogP contribution in [0, 0.1) is 0 Å². The van der Waals surface area contributed by atoms with Gasteiger partial charge in [0.05, 0.1) is 0 Å². The van der Waals surface area contributed by atoms with Crippen molar-refractivity contribution in [3.8, 4) is 0 Å². The first kappa shape index (κ1) is 13.5. The molecule has 1 atom stereocenters. The second kappa shape index (κ2) is 5.36. The fourth-order valence-corrected chi connectivity index (χ4v) is 2.10. The molecule has 0 aliphatic heterocycles. The van der Waals surface area contributed by atoms with Gasteiger partial charge in [-0.05, 0) is 34.8 Å². The Morgan fingerprint density at radius 1 is 1.61 bits per heavy atom. The van der Waals surface area contributed by atoms with Crippen molar-refractivity contribution in [3.05, 3.63) is 22.4 Å².